The van der Waals surface area contributed by atoms with Crippen molar-refractivity contribution in [3.05, 3.63) is 27.7 Å². The van der Waals surface area contributed by atoms with Gasteiger partial charge in [-0.2, -0.15) is 4.31 Å². The fourth-order valence-corrected chi connectivity index (χ4v) is 4.20. The SMILES string of the molecule is CN(C1CCCNC1)S(=O)(=O)c1ccc(Cl)c(Br)c1. The van der Waals surface area contributed by atoms with E-state index in [2.05, 4.69) is 21.2 Å². The fraction of sp³-hybridized carbons (Fsp3) is 0.500. The summed E-state index contributed by atoms with van der Waals surface area (Å²) in [6.45, 7) is 1.65. The second kappa shape index (κ2) is 6.10. The highest BCUT2D eigenvalue weighted by molar-refractivity contribution is 9.10. The molecule has 1 aromatic carbocycles. The van der Waals surface area contributed by atoms with Crippen LogP contribution in [0.1, 0.15) is 12.8 Å². The molecule has 4 nitrogen and oxygen atoms in total. The number of nitrogens with zero attached hydrogens (tertiary/aromatic N) is 1. The van der Waals surface area contributed by atoms with Crippen molar-refractivity contribution in [2.24, 2.45) is 0 Å². The molecule has 0 aliphatic carbocycles. The van der Waals surface area contributed by atoms with Crippen molar-refractivity contribution in [2.45, 2.75) is 23.8 Å². The highest BCUT2D eigenvalue weighted by atomic mass is 79.9. The molecule has 0 aromatic heterocycles. The summed E-state index contributed by atoms with van der Waals surface area (Å²) in [6.07, 6.45) is 1.88. The van der Waals surface area contributed by atoms with Crippen molar-refractivity contribution in [3.63, 3.8) is 0 Å². The lowest BCUT2D eigenvalue weighted by atomic mass is 10.1. The van der Waals surface area contributed by atoms with Crippen LogP contribution in [-0.2, 0) is 10.0 Å². The van der Waals surface area contributed by atoms with Gasteiger partial charge in [0.25, 0.3) is 0 Å². The van der Waals surface area contributed by atoms with Gasteiger partial charge < -0.3 is 5.32 Å². The molecule has 1 heterocycles. The van der Waals surface area contributed by atoms with E-state index in [0.29, 0.717) is 16.0 Å². The molecule has 0 amide bonds. The van der Waals surface area contributed by atoms with E-state index >= 15 is 0 Å². The average Bonchev–Trinajstić information content (AvgIpc) is 2.41. The van der Waals surface area contributed by atoms with E-state index in [9.17, 15) is 8.42 Å². The predicted octanol–water partition coefficient (Wildman–Crippen LogP) is 2.48. The first-order valence-electron chi connectivity index (χ1n) is 6.07. The Morgan fingerprint density at radius 3 is 2.79 bits per heavy atom. The molecule has 2 rings (SSSR count). The van der Waals surface area contributed by atoms with Gasteiger partial charge in [-0.1, -0.05) is 11.6 Å². The van der Waals surface area contributed by atoms with Gasteiger partial charge in [0.05, 0.1) is 9.92 Å². The van der Waals surface area contributed by atoms with Crippen molar-refractivity contribution in [1.82, 2.24) is 9.62 Å². The molecule has 106 valence electrons. The predicted molar refractivity (Wildman–Crippen MR) is 80.0 cm³/mol. The van der Waals surface area contributed by atoms with Crippen LogP contribution in [0.25, 0.3) is 0 Å². The van der Waals surface area contributed by atoms with Gasteiger partial charge in [-0.15, -0.1) is 0 Å². The number of nitrogens with one attached hydrogen (secondary N) is 1. The summed E-state index contributed by atoms with van der Waals surface area (Å²) < 4.78 is 27.1. The molecular formula is C12H16BrClN2O2S. The smallest absolute Gasteiger partial charge is 0.243 e. The largest absolute Gasteiger partial charge is 0.315 e. The van der Waals surface area contributed by atoms with E-state index in [1.54, 1.807) is 19.2 Å². The summed E-state index contributed by atoms with van der Waals surface area (Å²) in [4.78, 5) is 0.261. The molecule has 1 aliphatic rings. The van der Waals surface area contributed by atoms with Gasteiger partial charge in [-0.05, 0) is 53.5 Å². The summed E-state index contributed by atoms with van der Waals surface area (Å²) in [5.74, 6) is 0. The van der Waals surface area contributed by atoms with Crippen LogP contribution >= 0.6 is 27.5 Å². The van der Waals surface area contributed by atoms with E-state index < -0.39 is 10.0 Å². The first-order valence-corrected chi connectivity index (χ1v) is 8.68. The molecule has 1 aromatic rings. The molecule has 1 fully saturated rings. The highest BCUT2D eigenvalue weighted by Crippen LogP contribution is 2.27. The van der Waals surface area contributed by atoms with Gasteiger partial charge in [-0.25, -0.2) is 8.42 Å². The van der Waals surface area contributed by atoms with Crippen LogP contribution in [0, 0.1) is 0 Å². The van der Waals surface area contributed by atoms with Crippen molar-refractivity contribution in [1.29, 1.82) is 0 Å². The molecule has 0 radical (unpaired) electrons. The first kappa shape index (κ1) is 15.3. The van der Waals surface area contributed by atoms with Crippen molar-refractivity contribution in [3.8, 4) is 0 Å². The van der Waals surface area contributed by atoms with Gasteiger partial charge in [-0.3, -0.25) is 0 Å². The van der Waals surface area contributed by atoms with Gasteiger partial charge in [0.15, 0.2) is 0 Å². The van der Waals surface area contributed by atoms with Crippen LogP contribution in [-0.4, -0.2) is 38.9 Å². The first-order chi connectivity index (χ1) is 8.93. The van der Waals surface area contributed by atoms with Crippen LogP contribution < -0.4 is 5.32 Å². The van der Waals surface area contributed by atoms with E-state index in [1.807, 2.05) is 0 Å². The number of likely N-dealkylation sites (N-methyl/N-ethyl adjacent to an activating group) is 1. The van der Waals surface area contributed by atoms with Crippen LogP contribution in [0.5, 0.6) is 0 Å². The monoisotopic (exact) mass is 366 g/mol. The molecular weight excluding hydrogens is 352 g/mol. The molecule has 1 saturated heterocycles. The van der Waals surface area contributed by atoms with Crippen LogP contribution in [0.4, 0.5) is 0 Å². The summed E-state index contributed by atoms with van der Waals surface area (Å²) in [5.41, 5.74) is 0. The number of sulfonamides is 1. The lowest BCUT2D eigenvalue weighted by molar-refractivity contribution is 0.300. The lowest BCUT2D eigenvalue weighted by Crippen LogP contribution is -2.46. The third-order valence-electron chi connectivity index (χ3n) is 3.35. The molecule has 0 saturated carbocycles. The Morgan fingerprint density at radius 2 is 2.21 bits per heavy atom. The van der Waals surface area contributed by atoms with Gasteiger partial charge >= 0.3 is 0 Å². The molecule has 0 spiro atoms. The fourth-order valence-electron chi connectivity index (χ4n) is 2.14. The van der Waals surface area contributed by atoms with Crippen molar-refractivity contribution in [2.75, 3.05) is 20.1 Å². The number of piperidine rings is 1. The minimum absolute atomic E-state index is 0.00760. The summed E-state index contributed by atoms with van der Waals surface area (Å²) >= 11 is 9.15. The Balaban J connectivity index is 2.27. The molecule has 7 heteroatoms. The van der Waals surface area contributed by atoms with Crippen molar-refractivity contribution >= 4 is 37.6 Å². The number of hydrogen-bond donors (Lipinski definition) is 1. The minimum Gasteiger partial charge on any atom is -0.315 e. The van der Waals surface area contributed by atoms with Crippen molar-refractivity contribution < 1.29 is 8.42 Å². The number of halogens is 2. The van der Waals surface area contributed by atoms with Crippen LogP contribution in [0.15, 0.2) is 27.6 Å². The van der Waals surface area contributed by atoms with Gasteiger partial charge in [0, 0.05) is 24.1 Å². The quantitative estimate of drug-likeness (QED) is 0.893. The summed E-state index contributed by atoms with van der Waals surface area (Å²) in [6, 6.07) is 4.68. The summed E-state index contributed by atoms with van der Waals surface area (Å²) in [7, 11) is -1.84. The molecule has 1 aliphatic heterocycles. The van der Waals surface area contributed by atoms with Gasteiger partial charge in [0.2, 0.25) is 10.0 Å². The Bertz CT molecular complexity index is 559. The zero-order valence-corrected chi connectivity index (χ0v) is 13.7. The number of benzene rings is 1. The van der Waals surface area contributed by atoms with Crippen LogP contribution in [0.2, 0.25) is 5.02 Å². The third-order valence-corrected chi connectivity index (χ3v) is 6.47. The second-order valence-electron chi connectivity index (χ2n) is 4.60. The second-order valence-corrected chi connectivity index (χ2v) is 7.86. The number of rotatable bonds is 3. The third kappa shape index (κ3) is 3.31. The van der Waals surface area contributed by atoms with E-state index in [-0.39, 0.29) is 10.9 Å². The summed E-state index contributed by atoms with van der Waals surface area (Å²) in [5, 5.41) is 3.72. The average molecular weight is 368 g/mol. The Morgan fingerprint density at radius 1 is 1.47 bits per heavy atom. The number of hydrogen-bond acceptors (Lipinski definition) is 3. The van der Waals surface area contributed by atoms with E-state index in [1.165, 1.54) is 10.4 Å². The molecule has 19 heavy (non-hydrogen) atoms. The lowest BCUT2D eigenvalue weighted by Gasteiger charge is -2.30. The standard InChI is InChI=1S/C12H16BrClN2O2S/c1-16(9-3-2-6-15-8-9)19(17,18)10-4-5-12(14)11(13)7-10/h4-5,7,9,15H,2-3,6,8H2,1H3. The molecule has 1 N–H and O–H groups in total. The molecule has 1 unspecified atom stereocenters. The highest BCUT2D eigenvalue weighted by Gasteiger charge is 2.29. The zero-order chi connectivity index (χ0) is 14.0. The molecule has 0 bridgehead atoms. The maximum absolute atomic E-state index is 12.5. The van der Waals surface area contributed by atoms with E-state index in [0.717, 1.165) is 19.4 Å². The van der Waals surface area contributed by atoms with E-state index in [4.69, 9.17) is 11.6 Å². The van der Waals surface area contributed by atoms with Crippen LogP contribution in [0.3, 0.4) is 0 Å². The maximum Gasteiger partial charge on any atom is 0.243 e. The zero-order valence-electron chi connectivity index (χ0n) is 10.6. The minimum atomic E-state index is -3.47. The normalized spacial score (nSPS) is 20.7. The Kier molecular flexibility index (Phi) is 4.89. The Hall–Kier alpha value is -0.140. The van der Waals surface area contributed by atoms with Gasteiger partial charge in [0.1, 0.15) is 0 Å². The molecule has 1 atom stereocenters. The maximum atomic E-state index is 12.5. The Labute approximate surface area is 127 Å². The topological polar surface area (TPSA) is 49.4 Å².